The van der Waals surface area contributed by atoms with Crippen molar-refractivity contribution in [3.05, 3.63) is 124 Å². The summed E-state index contributed by atoms with van der Waals surface area (Å²) >= 11 is 0. The van der Waals surface area contributed by atoms with Crippen molar-refractivity contribution in [2.75, 3.05) is 94.8 Å². The molecule has 7 atom stereocenters. The molecule has 3 fully saturated rings. The van der Waals surface area contributed by atoms with Gasteiger partial charge < -0.3 is 55.3 Å². The quantitative estimate of drug-likeness (QED) is 0.0723. The Labute approximate surface area is 521 Å². The van der Waals surface area contributed by atoms with E-state index < -0.39 is 100 Å². The lowest BCUT2D eigenvalue weighted by molar-refractivity contribution is -0.144. The van der Waals surface area contributed by atoms with Gasteiger partial charge in [0.05, 0.1) is 25.2 Å². The second kappa shape index (κ2) is 27.9. The molecule has 9 rings (SSSR count). The Bertz CT molecular complexity index is 3340. The molecular formula is C65H81F3N10O12. The third-order valence-electron chi connectivity index (χ3n) is 17.7. The number of nitrogens with one attached hydrogen (secondary N) is 4. The highest BCUT2D eigenvalue weighted by atomic mass is 19.1. The number of rotatable bonds is 18. The molecule has 0 radical (unpaired) electrons. The van der Waals surface area contributed by atoms with Crippen molar-refractivity contribution in [1.82, 2.24) is 35.1 Å². The van der Waals surface area contributed by atoms with Crippen LogP contribution >= 0.6 is 0 Å². The number of likely N-dealkylation sites (N-methyl/N-ethyl adjacent to an activating group) is 1. The van der Waals surface area contributed by atoms with Crippen LogP contribution in [0.3, 0.4) is 0 Å². The van der Waals surface area contributed by atoms with Crippen LogP contribution in [0.2, 0.25) is 0 Å². The number of hydrogen-bond donors (Lipinski definition) is 5. The van der Waals surface area contributed by atoms with Crippen LogP contribution in [0.1, 0.15) is 102 Å². The van der Waals surface area contributed by atoms with Crippen molar-refractivity contribution in [2.24, 2.45) is 5.92 Å². The molecule has 0 saturated carbocycles. The fraction of sp³-hybridized carbons (Fsp3) is 0.508. The van der Waals surface area contributed by atoms with E-state index in [2.05, 4.69) is 26.2 Å². The van der Waals surface area contributed by atoms with Gasteiger partial charge in [0.2, 0.25) is 29.5 Å². The summed E-state index contributed by atoms with van der Waals surface area (Å²) in [5.74, 6) is -6.72. The molecule has 5 aliphatic heterocycles. The molecule has 5 heterocycles. The van der Waals surface area contributed by atoms with E-state index in [1.54, 1.807) is 56.9 Å². The maximum atomic E-state index is 15.2. The van der Waals surface area contributed by atoms with Gasteiger partial charge in [-0.2, -0.15) is 0 Å². The maximum Gasteiger partial charge on any atom is 0.410 e. The summed E-state index contributed by atoms with van der Waals surface area (Å²) < 4.78 is 61.0. The molecule has 4 aromatic carbocycles. The van der Waals surface area contributed by atoms with Crippen LogP contribution in [-0.4, -0.2) is 192 Å². The normalized spacial score (nSPS) is 22.0. The SMILES string of the molecule is CC(C(=O)NC(C(=O)N1Cc2ccc(NC(=O)CCNC(=O)[C@]3(C)CN(C(=O)CN4CC(C)N(C(=O)O)CC4CN4CCOC[C@H]4C)c4cc(Cc5ccc(F)cc5)ccc43)cc2[C@H]1C(=O)Nc1c(F)cccc1F)C1CCOCC1)N(C)C(=O)OC(C)(C)C. The fourth-order valence-electron chi connectivity index (χ4n) is 12.5. The predicted molar refractivity (Wildman–Crippen MR) is 327 cm³/mol. The second-order valence-corrected chi connectivity index (χ2v) is 25.4. The molecule has 484 valence electrons. The number of ether oxygens (including phenoxy) is 3. The van der Waals surface area contributed by atoms with Gasteiger partial charge in [0.25, 0.3) is 5.91 Å². The predicted octanol–water partition coefficient (Wildman–Crippen LogP) is 6.41. The third-order valence-corrected chi connectivity index (χ3v) is 17.7. The number of para-hydroxylation sites is 1. The zero-order chi connectivity index (χ0) is 64.9. The number of carbonyl (C=O) groups excluding carboxylic acids is 7. The van der Waals surface area contributed by atoms with E-state index >= 15 is 13.6 Å². The fourth-order valence-corrected chi connectivity index (χ4v) is 12.5. The van der Waals surface area contributed by atoms with Crippen LogP contribution in [-0.2, 0) is 61.4 Å². The minimum absolute atomic E-state index is 0.0608. The molecule has 8 amide bonds. The molecule has 4 unspecified atom stereocenters. The molecule has 22 nitrogen and oxygen atoms in total. The van der Waals surface area contributed by atoms with Gasteiger partial charge in [0, 0.05) is 102 Å². The van der Waals surface area contributed by atoms with Gasteiger partial charge in [-0.15, -0.1) is 0 Å². The first-order chi connectivity index (χ1) is 42.7. The summed E-state index contributed by atoms with van der Waals surface area (Å²) in [6.07, 6.45) is -0.969. The van der Waals surface area contributed by atoms with Crippen molar-refractivity contribution in [2.45, 2.75) is 128 Å². The third kappa shape index (κ3) is 15.2. The Morgan fingerprint density at radius 1 is 0.833 bits per heavy atom. The molecular weight excluding hydrogens is 1170 g/mol. The zero-order valence-electron chi connectivity index (χ0n) is 52.1. The van der Waals surface area contributed by atoms with E-state index in [4.69, 9.17) is 14.2 Å². The number of piperazine rings is 1. The van der Waals surface area contributed by atoms with Gasteiger partial charge >= 0.3 is 12.2 Å². The van der Waals surface area contributed by atoms with E-state index in [-0.39, 0.29) is 87.4 Å². The lowest BCUT2D eigenvalue weighted by Gasteiger charge is -2.47. The van der Waals surface area contributed by atoms with E-state index in [1.165, 1.54) is 42.0 Å². The maximum absolute atomic E-state index is 15.2. The Morgan fingerprint density at radius 3 is 2.21 bits per heavy atom. The van der Waals surface area contributed by atoms with Crippen molar-refractivity contribution < 1.29 is 70.8 Å². The minimum atomic E-state index is -1.55. The van der Waals surface area contributed by atoms with Crippen LogP contribution < -0.4 is 26.2 Å². The number of morpholine rings is 1. The van der Waals surface area contributed by atoms with E-state index in [0.29, 0.717) is 68.9 Å². The highest BCUT2D eigenvalue weighted by Crippen LogP contribution is 2.43. The smallest absolute Gasteiger partial charge is 0.410 e. The molecule has 0 bridgehead atoms. The van der Waals surface area contributed by atoms with Gasteiger partial charge in [-0.05, 0) is 144 Å². The largest absolute Gasteiger partial charge is 0.465 e. The topological polar surface area (TPSA) is 252 Å². The number of benzene rings is 4. The highest BCUT2D eigenvalue weighted by molar-refractivity contribution is 6.04. The Hall–Kier alpha value is -8.13. The first kappa shape index (κ1) is 66.3. The van der Waals surface area contributed by atoms with Crippen LogP contribution in [0.5, 0.6) is 0 Å². The molecule has 3 saturated heterocycles. The molecule has 0 aliphatic carbocycles. The van der Waals surface area contributed by atoms with Crippen molar-refractivity contribution in [3.63, 3.8) is 0 Å². The Kier molecular flexibility index (Phi) is 20.6. The molecule has 5 aliphatic rings. The van der Waals surface area contributed by atoms with Gasteiger partial charge in [-0.1, -0.05) is 36.4 Å². The molecule has 0 spiro atoms. The van der Waals surface area contributed by atoms with Crippen LogP contribution in [0.25, 0.3) is 0 Å². The lowest BCUT2D eigenvalue weighted by Crippen LogP contribution is -2.64. The Morgan fingerprint density at radius 2 is 1.53 bits per heavy atom. The van der Waals surface area contributed by atoms with Gasteiger partial charge in [-0.25, -0.2) is 22.8 Å². The van der Waals surface area contributed by atoms with Crippen LogP contribution in [0.15, 0.2) is 78.9 Å². The Balaban J connectivity index is 0.917. The molecule has 90 heavy (non-hydrogen) atoms. The van der Waals surface area contributed by atoms with Gasteiger partial charge in [-0.3, -0.25) is 43.5 Å². The van der Waals surface area contributed by atoms with Gasteiger partial charge in [0.15, 0.2) is 0 Å². The zero-order valence-corrected chi connectivity index (χ0v) is 52.1. The highest BCUT2D eigenvalue weighted by Gasteiger charge is 2.49. The number of anilines is 3. The monoisotopic (exact) mass is 1250 g/mol. The van der Waals surface area contributed by atoms with Gasteiger partial charge in [0.1, 0.15) is 46.9 Å². The number of carbonyl (C=O) groups is 8. The molecule has 0 aromatic heterocycles. The van der Waals surface area contributed by atoms with E-state index in [9.17, 15) is 43.1 Å². The molecule has 5 N–H and O–H groups in total. The summed E-state index contributed by atoms with van der Waals surface area (Å²) in [4.78, 5) is 122. The molecule has 25 heteroatoms. The van der Waals surface area contributed by atoms with E-state index in [0.717, 1.165) is 34.2 Å². The number of nitrogens with zero attached hydrogens (tertiary/aromatic N) is 6. The number of hydrogen-bond acceptors (Lipinski definition) is 13. The first-order valence-electron chi connectivity index (χ1n) is 30.5. The molecule has 4 aromatic rings. The van der Waals surface area contributed by atoms with E-state index in [1.807, 2.05) is 36.9 Å². The van der Waals surface area contributed by atoms with Crippen LogP contribution in [0, 0.1) is 23.4 Å². The number of amides is 8. The summed E-state index contributed by atoms with van der Waals surface area (Å²) in [7, 11) is 1.39. The van der Waals surface area contributed by atoms with Crippen molar-refractivity contribution in [3.8, 4) is 0 Å². The number of halogens is 3. The number of carboxylic acid groups (broad SMARTS) is 1. The average molecular weight is 1250 g/mol. The second-order valence-electron chi connectivity index (χ2n) is 25.4. The average Bonchev–Trinajstić information content (AvgIpc) is 1.60. The van der Waals surface area contributed by atoms with Crippen LogP contribution in [0.4, 0.5) is 39.8 Å². The summed E-state index contributed by atoms with van der Waals surface area (Å²) in [6.45, 7) is 14.8. The van der Waals surface area contributed by atoms with Crippen molar-refractivity contribution in [1.29, 1.82) is 0 Å². The summed E-state index contributed by atoms with van der Waals surface area (Å²) in [6, 6.07) is 14.7. The summed E-state index contributed by atoms with van der Waals surface area (Å²) in [5, 5.41) is 21.0. The standard InChI is InChI=1S/C65H81F3N10O12/c1-38-31-75(47(34-76(38)62(85)86)33-74-24-27-89-36-39(74)2)35-54(80)78-37-65(7,49-19-14-42(29-52(49)78)28-41-12-16-45(66)17-13-41)61(84)69-23-20-53(79)70-46-18-15-44-32-77(57(48(44)30-46)59(82)72-56-50(67)10-9-11-51(56)68)60(83)55(43-21-25-88-26-22-43)71-58(81)40(3)73(8)63(87)90-64(4,5)6/h9-19,29-30,38-40,43,47,55,57H,20-28,31-37H2,1-8H3,(H,69,84)(H,70,79)(H,71,81)(H,72,82)(H,85,86)/t38?,39-,40?,47?,55?,57+,65-/m1/s1. The minimum Gasteiger partial charge on any atom is -0.465 e. The first-order valence-corrected chi connectivity index (χ1v) is 30.5. The van der Waals surface area contributed by atoms with Crippen molar-refractivity contribution >= 4 is 64.7 Å². The number of fused-ring (bicyclic) bond motifs is 2. The summed E-state index contributed by atoms with van der Waals surface area (Å²) in [5.41, 5.74) is 0.612. The lowest BCUT2D eigenvalue weighted by atomic mass is 9.83.